The maximum atomic E-state index is 12.3. The number of amides is 1. The molecule has 4 nitrogen and oxygen atoms in total. The van der Waals surface area contributed by atoms with E-state index in [9.17, 15) is 9.59 Å². The molecule has 2 rings (SSSR count). The number of thiophene rings is 1. The van der Waals surface area contributed by atoms with Crippen molar-refractivity contribution in [1.29, 1.82) is 0 Å². The van der Waals surface area contributed by atoms with Crippen molar-refractivity contribution in [3.8, 4) is 0 Å². The topological polar surface area (TPSA) is 57.6 Å². The molecule has 0 spiro atoms. The molecule has 7 heteroatoms. The van der Waals surface area contributed by atoms with Gasteiger partial charge in [0.15, 0.2) is 0 Å². The third-order valence-corrected chi connectivity index (χ3v) is 5.87. The first-order chi connectivity index (χ1) is 10.1. The van der Waals surface area contributed by atoms with Gasteiger partial charge in [-0.1, -0.05) is 24.4 Å². The van der Waals surface area contributed by atoms with Crippen LogP contribution < -0.4 is 0 Å². The molecule has 0 atom stereocenters. The van der Waals surface area contributed by atoms with Gasteiger partial charge in [0.05, 0.1) is 10.1 Å². The predicted molar refractivity (Wildman–Crippen MR) is 87.1 cm³/mol. The summed E-state index contributed by atoms with van der Waals surface area (Å²) < 4.78 is 0.746. The van der Waals surface area contributed by atoms with E-state index in [0.29, 0.717) is 5.75 Å². The van der Waals surface area contributed by atoms with E-state index < -0.39 is 5.97 Å². The number of carbonyl (C=O) groups excluding carboxylic acids is 1. The van der Waals surface area contributed by atoms with Crippen LogP contribution in [0, 0.1) is 0 Å². The Balaban J connectivity index is 1.84. The molecule has 1 amide bonds. The van der Waals surface area contributed by atoms with Gasteiger partial charge in [-0.3, -0.25) is 9.59 Å². The van der Waals surface area contributed by atoms with Crippen LogP contribution in [0.25, 0.3) is 0 Å². The molecule has 1 saturated carbocycles. The van der Waals surface area contributed by atoms with E-state index in [4.69, 9.17) is 16.7 Å². The fourth-order valence-corrected chi connectivity index (χ4v) is 4.64. The number of thioether (sulfide) groups is 1. The van der Waals surface area contributed by atoms with Crippen molar-refractivity contribution in [2.24, 2.45) is 0 Å². The summed E-state index contributed by atoms with van der Waals surface area (Å²) in [7, 11) is 0. The Hall–Kier alpha value is -0.720. The van der Waals surface area contributed by atoms with Crippen molar-refractivity contribution in [2.75, 3.05) is 12.3 Å². The highest BCUT2D eigenvalue weighted by molar-refractivity contribution is 7.99. The van der Waals surface area contributed by atoms with Gasteiger partial charge in [0, 0.05) is 16.7 Å². The third kappa shape index (κ3) is 5.20. The molecule has 1 aromatic rings. The zero-order valence-corrected chi connectivity index (χ0v) is 14.0. The second-order valence-corrected chi connectivity index (χ2v) is 7.84. The Morgan fingerprint density at radius 2 is 2.10 bits per heavy atom. The van der Waals surface area contributed by atoms with Crippen LogP contribution in [0.4, 0.5) is 0 Å². The van der Waals surface area contributed by atoms with E-state index in [0.717, 1.165) is 40.6 Å². The van der Waals surface area contributed by atoms with E-state index >= 15 is 0 Å². The Morgan fingerprint density at radius 1 is 1.38 bits per heavy atom. The van der Waals surface area contributed by atoms with Crippen molar-refractivity contribution in [2.45, 2.75) is 37.5 Å². The number of carbonyl (C=O) groups is 2. The van der Waals surface area contributed by atoms with Crippen LogP contribution in [-0.2, 0) is 15.3 Å². The van der Waals surface area contributed by atoms with E-state index in [1.54, 1.807) is 4.90 Å². The van der Waals surface area contributed by atoms with Crippen LogP contribution in [0.5, 0.6) is 0 Å². The molecule has 116 valence electrons. The summed E-state index contributed by atoms with van der Waals surface area (Å²) in [6.45, 7) is -0.186. The summed E-state index contributed by atoms with van der Waals surface area (Å²) in [5.74, 6) is 0.0378. The van der Waals surface area contributed by atoms with Crippen molar-refractivity contribution in [1.82, 2.24) is 4.90 Å². The van der Waals surface area contributed by atoms with Gasteiger partial charge in [-0.05, 0) is 25.0 Å². The normalized spacial score (nSPS) is 15.3. The second-order valence-electron chi connectivity index (χ2n) is 5.05. The number of carboxylic acid groups (broad SMARTS) is 1. The summed E-state index contributed by atoms with van der Waals surface area (Å²) in [5, 5.41) is 8.99. The first-order valence-electron chi connectivity index (χ1n) is 6.89. The van der Waals surface area contributed by atoms with Crippen molar-refractivity contribution < 1.29 is 14.7 Å². The average Bonchev–Trinajstić information content (AvgIpc) is 3.07. The number of hydrogen-bond donors (Lipinski definition) is 1. The van der Waals surface area contributed by atoms with Crippen molar-refractivity contribution >= 4 is 46.6 Å². The van der Waals surface area contributed by atoms with Crippen LogP contribution >= 0.6 is 34.7 Å². The Morgan fingerprint density at radius 3 is 2.67 bits per heavy atom. The van der Waals surface area contributed by atoms with Crippen LogP contribution in [0.3, 0.4) is 0 Å². The summed E-state index contributed by atoms with van der Waals surface area (Å²) in [6, 6.07) is 3.90. The lowest BCUT2D eigenvalue weighted by atomic mass is 10.2. The van der Waals surface area contributed by atoms with E-state index in [1.807, 2.05) is 12.1 Å². The molecule has 1 aromatic heterocycles. The van der Waals surface area contributed by atoms with Gasteiger partial charge < -0.3 is 10.0 Å². The number of halogens is 1. The molecule has 0 aliphatic heterocycles. The van der Waals surface area contributed by atoms with Gasteiger partial charge >= 0.3 is 5.97 Å². The van der Waals surface area contributed by atoms with Gasteiger partial charge in [-0.15, -0.1) is 23.1 Å². The molecule has 1 N–H and O–H groups in total. The van der Waals surface area contributed by atoms with Gasteiger partial charge in [0.2, 0.25) is 5.91 Å². The molecule has 0 bridgehead atoms. The average molecular weight is 348 g/mol. The summed E-state index contributed by atoms with van der Waals surface area (Å²) in [4.78, 5) is 25.9. The summed E-state index contributed by atoms with van der Waals surface area (Å²) >= 11 is 8.88. The Kier molecular flexibility index (Phi) is 6.39. The smallest absolute Gasteiger partial charge is 0.323 e. The first kappa shape index (κ1) is 16.6. The molecule has 1 aliphatic rings. The first-order valence-corrected chi connectivity index (χ1v) is 9.24. The molecular formula is C14H18ClNO3S2. The minimum absolute atomic E-state index is 0.0723. The van der Waals surface area contributed by atoms with Gasteiger partial charge in [-0.2, -0.15) is 0 Å². The molecule has 0 saturated heterocycles. The largest absolute Gasteiger partial charge is 0.480 e. The highest BCUT2D eigenvalue weighted by Crippen LogP contribution is 2.27. The lowest BCUT2D eigenvalue weighted by molar-refractivity contribution is -0.145. The Labute approximate surface area is 137 Å². The van der Waals surface area contributed by atoms with Gasteiger partial charge in [0.1, 0.15) is 6.54 Å². The predicted octanol–water partition coefficient (Wildman–Crippen LogP) is 3.49. The van der Waals surface area contributed by atoms with Gasteiger partial charge in [-0.25, -0.2) is 0 Å². The molecule has 1 heterocycles. The minimum Gasteiger partial charge on any atom is -0.480 e. The fraction of sp³-hybridized carbons (Fsp3) is 0.571. The monoisotopic (exact) mass is 347 g/mol. The number of carboxylic acids is 1. The zero-order valence-electron chi connectivity index (χ0n) is 11.6. The highest BCUT2D eigenvalue weighted by Gasteiger charge is 2.27. The van der Waals surface area contributed by atoms with Crippen LogP contribution in [0.1, 0.15) is 30.6 Å². The molecule has 0 unspecified atom stereocenters. The van der Waals surface area contributed by atoms with E-state index in [1.165, 1.54) is 23.1 Å². The SMILES string of the molecule is O=C(O)CN(C(=O)CSCc1ccc(Cl)s1)C1CCCC1. The number of nitrogens with zero attached hydrogens (tertiary/aromatic N) is 1. The zero-order chi connectivity index (χ0) is 15.2. The fourth-order valence-electron chi connectivity index (χ4n) is 2.53. The van der Waals surface area contributed by atoms with Crippen LogP contribution in [0.15, 0.2) is 12.1 Å². The lowest BCUT2D eigenvalue weighted by Crippen LogP contribution is -2.43. The second kappa shape index (κ2) is 8.06. The molecule has 1 aliphatic carbocycles. The quantitative estimate of drug-likeness (QED) is 0.820. The maximum Gasteiger partial charge on any atom is 0.323 e. The van der Waals surface area contributed by atoms with Gasteiger partial charge in [0.25, 0.3) is 0 Å². The minimum atomic E-state index is -0.940. The maximum absolute atomic E-state index is 12.3. The molecule has 1 fully saturated rings. The molecule has 21 heavy (non-hydrogen) atoms. The van der Waals surface area contributed by atoms with Crippen molar-refractivity contribution in [3.05, 3.63) is 21.3 Å². The third-order valence-electron chi connectivity index (χ3n) is 3.49. The summed E-state index contributed by atoms with van der Waals surface area (Å²) in [6.07, 6.45) is 4.00. The molecular weight excluding hydrogens is 330 g/mol. The number of aliphatic carboxylic acids is 1. The molecule has 0 aromatic carbocycles. The highest BCUT2D eigenvalue weighted by atomic mass is 35.5. The number of hydrogen-bond acceptors (Lipinski definition) is 4. The number of rotatable bonds is 7. The van der Waals surface area contributed by atoms with Crippen molar-refractivity contribution in [3.63, 3.8) is 0 Å². The molecule has 0 radical (unpaired) electrons. The van der Waals surface area contributed by atoms with E-state index in [-0.39, 0.29) is 18.5 Å². The van der Waals surface area contributed by atoms with Crippen LogP contribution in [0.2, 0.25) is 4.34 Å². The standard InChI is InChI=1S/C14H18ClNO3S2/c15-12-6-5-11(21-12)8-20-9-13(17)16(7-14(18)19)10-3-1-2-4-10/h5-6,10H,1-4,7-9H2,(H,18,19). The Bertz CT molecular complexity index is 500. The summed E-state index contributed by atoms with van der Waals surface area (Å²) in [5.41, 5.74) is 0. The lowest BCUT2D eigenvalue weighted by Gasteiger charge is -2.27. The van der Waals surface area contributed by atoms with Crippen LogP contribution in [-0.4, -0.2) is 40.2 Å². The van der Waals surface area contributed by atoms with E-state index in [2.05, 4.69) is 0 Å².